The van der Waals surface area contributed by atoms with Gasteiger partial charge in [-0.15, -0.1) is 0 Å². The van der Waals surface area contributed by atoms with E-state index >= 15 is 0 Å². The normalized spacial score (nSPS) is 13.1. The first-order valence-corrected chi connectivity index (χ1v) is 11.9. The molecule has 1 atom stereocenters. The maximum atomic E-state index is 13.2. The van der Waals surface area contributed by atoms with E-state index in [4.69, 9.17) is 9.47 Å². The van der Waals surface area contributed by atoms with Gasteiger partial charge in [0, 0.05) is 12.6 Å². The van der Waals surface area contributed by atoms with Gasteiger partial charge in [0.05, 0.1) is 11.4 Å². The largest absolute Gasteiger partial charge is 0.484 e. The molecule has 182 valence electrons. The van der Waals surface area contributed by atoms with Crippen molar-refractivity contribution in [2.45, 2.75) is 73.0 Å². The minimum Gasteiger partial charge on any atom is -0.484 e. The van der Waals surface area contributed by atoms with Crippen LogP contribution < -0.4 is 10.3 Å². The van der Waals surface area contributed by atoms with E-state index < -0.39 is 11.2 Å². The van der Waals surface area contributed by atoms with Crippen LogP contribution in [-0.4, -0.2) is 21.7 Å². The number of fused-ring (bicyclic) bond motifs is 1. The van der Waals surface area contributed by atoms with Gasteiger partial charge in [-0.25, -0.2) is 0 Å². The zero-order valence-electron chi connectivity index (χ0n) is 21.9. The number of hydrogen-bond donors (Lipinski definition) is 0. The molecule has 3 aromatic rings. The Labute approximate surface area is 202 Å². The zero-order valence-corrected chi connectivity index (χ0v) is 21.9. The van der Waals surface area contributed by atoms with E-state index in [0.29, 0.717) is 11.3 Å². The lowest BCUT2D eigenvalue weighted by Crippen LogP contribution is -2.53. The van der Waals surface area contributed by atoms with Crippen molar-refractivity contribution in [2.24, 2.45) is 13.0 Å². The Morgan fingerprint density at radius 3 is 2.18 bits per heavy atom. The van der Waals surface area contributed by atoms with Crippen LogP contribution in [0.4, 0.5) is 0 Å². The van der Waals surface area contributed by atoms with E-state index in [-0.39, 0.29) is 17.4 Å². The number of hydrogen-bond acceptors (Lipinski definition) is 4. The molecule has 0 N–H and O–H groups in total. The van der Waals surface area contributed by atoms with Crippen molar-refractivity contribution in [1.29, 1.82) is 0 Å². The molecule has 0 spiro atoms. The van der Waals surface area contributed by atoms with E-state index in [0.717, 1.165) is 34.0 Å². The summed E-state index contributed by atoms with van der Waals surface area (Å²) in [7, 11) is 1.81. The van der Waals surface area contributed by atoms with Crippen molar-refractivity contribution in [3.05, 3.63) is 63.9 Å². The number of para-hydroxylation sites is 1. The van der Waals surface area contributed by atoms with Gasteiger partial charge < -0.3 is 14.0 Å². The number of carbonyl (C=O) groups excluding carboxylic acids is 1. The van der Waals surface area contributed by atoms with Crippen molar-refractivity contribution >= 4 is 16.9 Å². The van der Waals surface area contributed by atoms with E-state index in [1.165, 1.54) is 0 Å². The van der Waals surface area contributed by atoms with Crippen molar-refractivity contribution in [2.75, 3.05) is 0 Å². The first-order valence-electron chi connectivity index (χ1n) is 11.9. The number of esters is 1. The molecule has 0 bridgehead atoms. The van der Waals surface area contributed by atoms with Gasteiger partial charge in [0.15, 0.2) is 0 Å². The molecule has 0 aliphatic heterocycles. The van der Waals surface area contributed by atoms with Gasteiger partial charge in [-0.1, -0.05) is 32.0 Å². The highest BCUT2D eigenvalue weighted by atomic mass is 16.6. The molecule has 5 nitrogen and oxygen atoms in total. The summed E-state index contributed by atoms with van der Waals surface area (Å²) in [5, 5.41) is 1.02. The highest BCUT2D eigenvalue weighted by molar-refractivity contribution is 5.85. The fourth-order valence-corrected chi connectivity index (χ4v) is 4.07. The minimum absolute atomic E-state index is 0.0306. The summed E-state index contributed by atoms with van der Waals surface area (Å²) in [4.78, 5) is 25.6. The number of carbonyl (C=O) groups is 1. The highest BCUT2D eigenvalue weighted by Crippen LogP contribution is 2.36. The maximum absolute atomic E-state index is 13.2. The quantitative estimate of drug-likeness (QED) is 0.383. The van der Waals surface area contributed by atoms with Crippen molar-refractivity contribution in [3.63, 3.8) is 0 Å². The summed E-state index contributed by atoms with van der Waals surface area (Å²) >= 11 is 0. The molecule has 0 saturated heterocycles. The molecule has 0 aliphatic rings. The van der Waals surface area contributed by atoms with Crippen LogP contribution in [0.2, 0.25) is 0 Å². The topological polar surface area (TPSA) is 57.5 Å². The molecule has 34 heavy (non-hydrogen) atoms. The second-order valence-corrected chi connectivity index (χ2v) is 10.3. The standard InChI is InChI=1S/C29H37NO4/c1-10-18(2)27(32)34-29(7,8)28(5,6)33-22-15-19(3)25(20(4)16-22)23-17-21-13-11-12-14-24(21)30(9)26(23)31/h11-18H,10H2,1-9H3. The highest BCUT2D eigenvalue weighted by Gasteiger charge is 2.43. The van der Waals surface area contributed by atoms with Crippen LogP contribution in [0.1, 0.15) is 59.1 Å². The van der Waals surface area contributed by atoms with Gasteiger partial charge in [0.1, 0.15) is 17.0 Å². The molecule has 1 heterocycles. The molecule has 1 unspecified atom stereocenters. The summed E-state index contributed by atoms with van der Waals surface area (Å²) < 4.78 is 13.9. The Bertz CT molecular complexity index is 1260. The lowest BCUT2D eigenvalue weighted by atomic mass is 9.88. The minimum atomic E-state index is -0.845. The van der Waals surface area contributed by atoms with Crippen molar-refractivity contribution in [3.8, 4) is 16.9 Å². The van der Waals surface area contributed by atoms with Crippen LogP contribution in [0.5, 0.6) is 5.75 Å². The number of aryl methyl sites for hydroxylation is 3. The molecule has 0 fully saturated rings. The molecular formula is C29H37NO4. The molecule has 0 aliphatic carbocycles. The van der Waals surface area contributed by atoms with Gasteiger partial charge in [-0.2, -0.15) is 0 Å². The average molecular weight is 464 g/mol. The Morgan fingerprint density at radius 2 is 1.59 bits per heavy atom. The van der Waals surface area contributed by atoms with E-state index in [1.807, 2.05) is 105 Å². The number of aromatic nitrogens is 1. The van der Waals surface area contributed by atoms with Crippen LogP contribution in [0.3, 0.4) is 0 Å². The van der Waals surface area contributed by atoms with E-state index in [1.54, 1.807) is 4.57 Å². The van der Waals surface area contributed by atoms with Gasteiger partial charge >= 0.3 is 5.97 Å². The van der Waals surface area contributed by atoms with Crippen molar-refractivity contribution in [1.82, 2.24) is 4.57 Å². The molecule has 2 aromatic carbocycles. The first kappa shape index (κ1) is 25.5. The monoisotopic (exact) mass is 463 g/mol. The first-order chi connectivity index (χ1) is 15.8. The number of ether oxygens (including phenoxy) is 2. The van der Waals surface area contributed by atoms with Crippen LogP contribution >= 0.6 is 0 Å². The summed E-state index contributed by atoms with van der Waals surface area (Å²) in [6, 6.07) is 13.8. The van der Waals surface area contributed by atoms with E-state index in [9.17, 15) is 9.59 Å². The third-order valence-corrected chi connectivity index (χ3v) is 7.10. The molecule has 0 radical (unpaired) electrons. The van der Waals surface area contributed by atoms with Gasteiger partial charge in [0.25, 0.3) is 5.56 Å². The zero-order chi connectivity index (χ0) is 25.4. The molecule has 5 heteroatoms. The summed E-state index contributed by atoms with van der Waals surface area (Å²) in [6.45, 7) is 15.4. The summed E-state index contributed by atoms with van der Waals surface area (Å²) in [6.07, 6.45) is 0.726. The van der Waals surface area contributed by atoms with Gasteiger partial charge in [-0.3, -0.25) is 9.59 Å². The fraction of sp³-hybridized carbons (Fsp3) is 0.448. The second-order valence-electron chi connectivity index (χ2n) is 10.3. The smallest absolute Gasteiger partial charge is 0.309 e. The van der Waals surface area contributed by atoms with Crippen LogP contribution in [0, 0.1) is 19.8 Å². The number of nitrogens with zero attached hydrogens (tertiary/aromatic N) is 1. The number of rotatable bonds is 7. The lowest BCUT2D eigenvalue weighted by Gasteiger charge is -2.41. The summed E-state index contributed by atoms with van der Waals surface area (Å²) in [5.74, 6) is 0.288. The Morgan fingerprint density at radius 1 is 1.00 bits per heavy atom. The molecule has 3 rings (SSSR count). The Balaban J connectivity index is 1.98. The molecule has 0 saturated carbocycles. The third-order valence-electron chi connectivity index (χ3n) is 7.10. The predicted octanol–water partition coefficient (Wildman–Crippen LogP) is 6.35. The molecular weight excluding hydrogens is 426 g/mol. The second kappa shape index (κ2) is 9.28. The number of pyridine rings is 1. The van der Waals surface area contributed by atoms with Crippen molar-refractivity contribution < 1.29 is 14.3 Å². The lowest BCUT2D eigenvalue weighted by molar-refractivity contribution is -0.180. The number of benzene rings is 2. The Kier molecular flexibility index (Phi) is 6.97. The molecule has 0 amide bonds. The predicted molar refractivity (Wildman–Crippen MR) is 138 cm³/mol. The SMILES string of the molecule is CCC(C)C(=O)OC(C)(C)C(C)(C)Oc1cc(C)c(-c2cc3ccccc3n(C)c2=O)c(C)c1. The van der Waals surface area contributed by atoms with Crippen LogP contribution in [-0.2, 0) is 16.6 Å². The molecule has 1 aromatic heterocycles. The Hall–Kier alpha value is -3.08. The third kappa shape index (κ3) is 4.75. The average Bonchev–Trinajstić information content (AvgIpc) is 2.75. The van der Waals surface area contributed by atoms with Crippen LogP contribution in [0.25, 0.3) is 22.0 Å². The maximum Gasteiger partial charge on any atom is 0.309 e. The van der Waals surface area contributed by atoms with E-state index in [2.05, 4.69) is 0 Å². The van der Waals surface area contributed by atoms with Gasteiger partial charge in [0.2, 0.25) is 0 Å². The fourth-order valence-electron chi connectivity index (χ4n) is 4.07. The van der Waals surface area contributed by atoms with Gasteiger partial charge in [-0.05, 0) is 94.3 Å². The summed E-state index contributed by atoms with van der Waals surface area (Å²) in [5.41, 5.74) is 2.74. The van der Waals surface area contributed by atoms with Crippen LogP contribution in [0.15, 0.2) is 47.3 Å².